The summed E-state index contributed by atoms with van der Waals surface area (Å²) in [7, 11) is 1.77. The standard InChI is InChI=1S/C7H8N6S/c1-13-7(10-11-12-13)14-6-4-2-3-5(8)9-6/h2-4H,1H3,(H2,8,9). The van der Waals surface area contributed by atoms with Gasteiger partial charge in [-0.15, -0.1) is 5.10 Å². The van der Waals surface area contributed by atoms with Crippen molar-refractivity contribution >= 4 is 17.6 Å². The highest BCUT2D eigenvalue weighted by Crippen LogP contribution is 2.22. The van der Waals surface area contributed by atoms with E-state index in [1.807, 2.05) is 12.1 Å². The quantitative estimate of drug-likeness (QED) is 0.766. The van der Waals surface area contributed by atoms with E-state index in [-0.39, 0.29) is 0 Å². The first-order chi connectivity index (χ1) is 6.75. The molecule has 0 aliphatic heterocycles. The van der Waals surface area contributed by atoms with E-state index in [0.29, 0.717) is 11.0 Å². The number of anilines is 1. The zero-order valence-corrected chi connectivity index (χ0v) is 8.27. The van der Waals surface area contributed by atoms with Crippen LogP contribution in [0.25, 0.3) is 0 Å². The maximum Gasteiger partial charge on any atom is 0.215 e. The molecular formula is C7H8N6S. The van der Waals surface area contributed by atoms with Crippen LogP contribution < -0.4 is 5.73 Å². The molecule has 72 valence electrons. The Kier molecular flexibility index (Phi) is 2.32. The van der Waals surface area contributed by atoms with Crippen molar-refractivity contribution in [3.05, 3.63) is 18.2 Å². The van der Waals surface area contributed by atoms with Gasteiger partial charge in [-0.25, -0.2) is 9.67 Å². The number of aromatic nitrogens is 5. The molecule has 2 aromatic rings. The van der Waals surface area contributed by atoms with Gasteiger partial charge in [0.25, 0.3) is 0 Å². The molecule has 0 spiro atoms. The number of hydrogen-bond acceptors (Lipinski definition) is 6. The van der Waals surface area contributed by atoms with Gasteiger partial charge in [0.05, 0.1) is 0 Å². The van der Waals surface area contributed by atoms with Gasteiger partial charge in [-0.3, -0.25) is 0 Å². The van der Waals surface area contributed by atoms with Gasteiger partial charge in [0, 0.05) is 7.05 Å². The summed E-state index contributed by atoms with van der Waals surface area (Å²) in [6, 6.07) is 5.43. The first-order valence-electron chi connectivity index (χ1n) is 3.88. The molecule has 14 heavy (non-hydrogen) atoms. The maximum atomic E-state index is 5.54. The van der Waals surface area contributed by atoms with E-state index in [4.69, 9.17) is 5.73 Å². The summed E-state index contributed by atoms with van der Waals surface area (Å²) in [6.07, 6.45) is 0. The molecule has 0 radical (unpaired) electrons. The second-order valence-corrected chi connectivity index (χ2v) is 3.58. The Labute approximate surface area is 84.5 Å². The number of rotatable bonds is 2. The van der Waals surface area contributed by atoms with Gasteiger partial charge in [0.15, 0.2) is 0 Å². The Morgan fingerprint density at radius 3 is 2.93 bits per heavy atom. The van der Waals surface area contributed by atoms with Crippen LogP contribution in [-0.4, -0.2) is 25.2 Å². The van der Waals surface area contributed by atoms with Crippen molar-refractivity contribution in [2.75, 3.05) is 5.73 Å². The number of nitrogens with two attached hydrogens (primary N) is 1. The highest BCUT2D eigenvalue weighted by atomic mass is 32.2. The first kappa shape index (κ1) is 8.95. The van der Waals surface area contributed by atoms with Gasteiger partial charge in [-0.2, -0.15) is 0 Å². The smallest absolute Gasteiger partial charge is 0.215 e. The molecule has 0 amide bonds. The number of pyridine rings is 1. The minimum absolute atomic E-state index is 0.491. The number of nitrogen functional groups attached to an aromatic ring is 1. The number of hydrogen-bond donors (Lipinski definition) is 1. The Hall–Kier alpha value is -1.63. The molecule has 0 fully saturated rings. The third-order valence-corrected chi connectivity index (χ3v) is 2.49. The van der Waals surface area contributed by atoms with Gasteiger partial charge in [-0.05, 0) is 34.3 Å². The lowest BCUT2D eigenvalue weighted by Crippen LogP contribution is -1.94. The molecular weight excluding hydrogens is 200 g/mol. The predicted molar refractivity (Wildman–Crippen MR) is 51.6 cm³/mol. The van der Waals surface area contributed by atoms with E-state index in [9.17, 15) is 0 Å². The summed E-state index contributed by atoms with van der Waals surface area (Å²) in [5.41, 5.74) is 5.54. The van der Waals surface area contributed by atoms with Crippen molar-refractivity contribution in [1.29, 1.82) is 0 Å². The third-order valence-electron chi connectivity index (χ3n) is 1.52. The maximum absolute atomic E-state index is 5.54. The molecule has 2 N–H and O–H groups in total. The molecule has 2 aromatic heterocycles. The molecule has 7 heteroatoms. The van der Waals surface area contributed by atoms with E-state index in [1.165, 1.54) is 11.8 Å². The SMILES string of the molecule is Cn1nnnc1Sc1cccc(N)n1. The highest BCUT2D eigenvalue weighted by Gasteiger charge is 2.05. The predicted octanol–water partition coefficient (Wildman–Crippen LogP) is 0.338. The van der Waals surface area contributed by atoms with Gasteiger partial charge in [0.2, 0.25) is 5.16 Å². The fraction of sp³-hybridized carbons (Fsp3) is 0.143. The zero-order valence-electron chi connectivity index (χ0n) is 7.45. The van der Waals surface area contributed by atoms with Crippen molar-refractivity contribution < 1.29 is 0 Å². The van der Waals surface area contributed by atoms with Crippen LogP contribution in [0, 0.1) is 0 Å². The lowest BCUT2D eigenvalue weighted by molar-refractivity contribution is 0.664. The van der Waals surface area contributed by atoms with Crippen molar-refractivity contribution in [3.8, 4) is 0 Å². The van der Waals surface area contributed by atoms with E-state index in [2.05, 4.69) is 20.5 Å². The van der Waals surface area contributed by atoms with E-state index in [0.717, 1.165) is 5.03 Å². The second kappa shape index (κ2) is 3.62. The van der Waals surface area contributed by atoms with Crippen LogP contribution in [0.2, 0.25) is 0 Å². The minimum atomic E-state index is 0.491. The molecule has 6 nitrogen and oxygen atoms in total. The Morgan fingerprint density at radius 1 is 1.43 bits per heavy atom. The van der Waals surface area contributed by atoms with Crippen LogP contribution in [0.4, 0.5) is 5.82 Å². The lowest BCUT2D eigenvalue weighted by Gasteiger charge is -1.98. The Bertz CT molecular complexity index is 439. The molecule has 0 saturated carbocycles. The second-order valence-electron chi connectivity index (χ2n) is 2.59. The van der Waals surface area contributed by atoms with Crippen LogP contribution in [0.5, 0.6) is 0 Å². The van der Waals surface area contributed by atoms with Crippen molar-refractivity contribution in [3.63, 3.8) is 0 Å². The summed E-state index contributed by atoms with van der Waals surface area (Å²) in [5, 5.41) is 12.5. The number of aryl methyl sites for hydroxylation is 1. The number of tetrazole rings is 1. The molecule has 0 unspecified atom stereocenters. The monoisotopic (exact) mass is 208 g/mol. The molecule has 0 aliphatic rings. The largest absolute Gasteiger partial charge is 0.384 e. The number of nitrogens with zero attached hydrogens (tertiary/aromatic N) is 5. The van der Waals surface area contributed by atoms with E-state index in [1.54, 1.807) is 17.8 Å². The third kappa shape index (κ3) is 1.82. The van der Waals surface area contributed by atoms with Crippen LogP contribution in [0.1, 0.15) is 0 Å². The molecule has 0 bridgehead atoms. The first-order valence-corrected chi connectivity index (χ1v) is 4.70. The molecule has 0 atom stereocenters. The topological polar surface area (TPSA) is 82.5 Å². The van der Waals surface area contributed by atoms with Gasteiger partial charge in [0.1, 0.15) is 10.8 Å². The van der Waals surface area contributed by atoms with Crippen molar-refractivity contribution in [2.24, 2.45) is 7.05 Å². The summed E-state index contributed by atoms with van der Waals surface area (Å²) >= 11 is 1.37. The Balaban J connectivity index is 2.23. The fourth-order valence-electron chi connectivity index (χ4n) is 0.889. The molecule has 2 rings (SSSR count). The average Bonchev–Trinajstić information content (AvgIpc) is 2.52. The summed E-state index contributed by atoms with van der Waals surface area (Å²) < 4.78 is 1.58. The molecule has 0 aliphatic carbocycles. The minimum Gasteiger partial charge on any atom is -0.384 e. The van der Waals surface area contributed by atoms with E-state index >= 15 is 0 Å². The van der Waals surface area contributed by atoms with Crippen molar-refractivity contribution in [2.45, 2.75) is 10.2 Å². The molecule has 2 heterocycles. The average molecular weight is 208 g/mol. The summed E-state index contributed by atoms with van der Waals surface area (Å²) in [6.45, 7) is 0. The lowest BCUT2D eigenvalue weighted by atomic mass is 10.5. The summed E-state index contributed by atoms with van der Waals surface area (Å²) in [4.78, 5) is 4.12. The van der Waals surface area contributed by atoms with Crippen LogP contribution in [-0.2, 0) is 7.05 Å². The van der Waals surface area contributed by atoms with Gasteiger partial charge in [-0.1, -0.05) is 6.07 Å². The van der Waals surface area contributed by atoms with Gasteiger partial charge >= 0.3 is 0 Å². The van der Waals surface area contributed by atoms with Crippen LogP contribution >= 0.6 is 11.8 Å². The molecule has 0 aromatic carbocycles. The van der Waals surface area contributed by atoms with Crippen LogP contribution in [0.15, 0.2) is 28.4 Å². The van der Waals surface area contributed by atoms with Gasteiger partial charge < -0.3 is 5.73 Å². The highest BCUT2D eigenvalue weighted by molar-refractivity contribution is 7.99. The molecule has 0 saturated heterocycles. The van der Waals surface area contributed by atoms with E-state index < -0.39 is 0 Å². The Morgan fingerprint density at radius 2 is 2.29 bits per heavy atom. The zero-order chi connectivity index (χ0) is 9.97. The van der Waals surface area contributed by atoms with Crippen LogP contribution in [0.3, 0.4) is 0 Å². The normalized spacial score (nSPS) is 10.4. The van der Waals surface area contributed by atoms with Crippen molar-refractivity contribution in [1.82, 2.24) is 25.2 Å². The summed E-state index contributed by atoms with van der Waals surface area (Å²) in [5.74, 6) is 0.491. The fourth-order valence-corrected chi connectivity index (χ4v) is 1.62.